The predicted octanol–water partition coefficient (Wildman–Crippen LogP) is 3.94. The predicted molar refractivity (Wildman–Crippen MR) is 96.0 cm³/mol. The Kier molecular flexibility index (Phi) is 4.77. The SMILES string of the molecule is COCc1cc(NC(=O)c2cccc3ccccc23)cc(C(=O)O)c1. The van der Waals surface area contributed by atoms with E-state index in [1.54, 1.807) is 12.1 Å². The smallest absolute Gasteiger partial charge is 0.335 e. The van der Waals surface area contributed by atoms with Crippen LogP contribution in [-0.2, 0) is 11.3 Å². The molecule has 3 aromatic rings. The van der Waals surface area contributed by atoms with E-state index in [-0.39, 0.29) is 18.1 Å². The Balaban J connectivity index is 1.96. The van der Waals surface area contributed by atoms with Gasteiger partial charge in [-0.25, -0.2) is 4.79 Å². The number of carboxylic acid groups (broad SMARTS) is 1. The van der Waals surface area contributed by atoms with Crippen LogP contribution in [-0.4, -0.2) is 24.1 Å². The standard InChI is InChI=1S/C20H17NO4/c1-25-12-13-9-15(20(23)24)11-16(10-13)21-19(22)18-8-4-6-14-5-2-3-7-17(14)18/h2-11H,12H2,1H3,(H,21,22)(H,23,24). The van der Waals surface area contributed by atoms with Gasteiger partial charge in [-0.3, -0.25) is 4.79 Å². The summed E-state index contributed by atoms with van der Waals surface area (Å²) in [5.41, 5.74) is 1.73. The highest BCUT2D eigenvalue weighted by molar-refractivity contribution is 6.13. The van der Waals surface area contributed by atoms with E-state index in [9.17, 15) is 14.7 Å². The first kappa shape index (κ1) is 16.7. The van der Waals surface area contributed by atoms with Gasteiger partial charge in [0, 0.05) is 18.4 Å². The van der Waals surface area contributed by atoms with Crippen LogP contribution in [0.1, 0.15) is 26.3 Å². The van der Waals surface area contributed by atoms with Crippen molar-refractivity contribution >= 4 is 28.3 Å². The van der Waals surface area contributed by atoms with Gasteiger partial charge in [0.15, 0.2) is 0 Å². The van der Waals surface area contributed by atoms with E-state index in [2.05, 4.69) is 5.32 Å². The molecule has 126 valence electrons. The van der Waals surface area contributed by atoms with Gasteiger partial charge in [-0.2, -0.15) is 0 Å². The summed E-state index contributed by atoms with van der Waals surface area (Å²) in [6.07, 6.45) is 0. The fourth-order valence-electron chi connectivity index (χ4n) is 2.76. The number of amides is 1. The van der Waals surface area contributed by atoms with Crippen LogP contribution in [0.3, 0.4) is 0 Å². The lowest BCUT2D eigenvalue weighted by molar-refractivity contribution is 0.0696. The Morgan fingerprint density at radius 3 is 2.56 bits per heavy atom. The van der Waals surface area contributed by atoms with E-state index in [1.807, 2.05) is 36.4 Å². The second-order valence-corrected chi connectivity index (χ2v) is 5.64. The number of anilines is 1. The number of hydrogen-bond donors (Lipinski definition) is 2. The molecule has 0 radical (unpaired) electrons. The van der Waals surface area contributed by atoms with Crippen molar-refractivity contribution in [2.45, 2.75) is 6.61 Å². The maximum absolute atomic E-state index is 12.7. The van der Waals surface area contributed by atoms with Crippen LogP contribution in [0.15, 0.2) is 60.7 Å². The van der Waals surface area contributed by atoms with Gasteiger partial charge >= 0.3 is 5.97 Å². The molecule has 2 N–H and O–H groups in total. The number of rotatable bonds is 5. The molecular formula is C20H17NO4. The van der Waals surface area contributed by atoms with Gasteiger partial charge in [0.25, 0.3) is 5.91 Å². The van der Waals surface area contributed by atoms with Gasteiger partial charge in [-0.1, -0.05) is 36.4 Å². The molecule has 0 aliphatic heterocycles. The lowest BCUT2D eigenvalue weighted by Crippen LogP contribution is -2.13. The average molecular weight is 335 g/mol. The summed E-state index contributed by atoms with van der Waals surface area (Å²) in [5, 5.41) is 13.8. The second kappa shape index (κ2) is 7.15. The maximum Gasteiger partial charge on any atom is 0.335 e. The molecular weight excluding hydrogens is 318 g/mol. The van der Waals surface area contributed by atoms with Crippen molar-refractivity contribution in [2.75, 3.05) is 12.4 Å². The van der Waals surface area contributed by atoms with Gasteiger partial charge in [-0.15, -0.1) is 0 Å². The van der Waals surface area contributed by atoms with Gasteiger partial charge in [0.1, 0.15) is 0 Å². The average Bonchev–Trinajstić information content (AvgIpc) is 2.61. The summed E-state index contributed by atoms with van der Waals surface area (Å²) in [5.74, 6) is -1.35. The van der Waals surface area contributed by atoms with E-state index < -0.39 is 5.97 Å². The molecule has 0 aliphatic rings. The number of ether oxygens (including phenoxy) is 1. The molecule has 0 heterocycles. The molecule has 25 heavy (non-hydrogen) atoms. The summed E-state index contributed by atoms with van der Waals surface area (Å²) in [6, 6.07) is 17.8. The van der Waals surface area contributed by atoms with Crippen molar-refractivity contribution in [1.29, 1.82) is 0 Å². The number of hydrogen-bond acceptors (Lipinski definition) is 3. The second-order valence-electron chi connectivity index (χ2n) is 5.64. The van der Waals surface area contributed by atoms with Gasteiger partial charge in [0.05, 0.1) is 12.2 Å². The number of fused-ring (bicyclic) bond motifs is 1. The zero-order chi connectivity index (χ0) is 17.8. The Morgan fingerprint density at radius 1 is 1.04 bits per heavy atom. The van der Waals surface area contributed by atoms with E-state index >= 15 is 0 Å². The number of nitrogens with one attached hydrogen (secondary N) is 1. The third-order valence-corrected chi connectivity index (χ3v) is 3.84. The monoisotopic (exact) mass is 335 g/mol. The van der Waals surface area contributed by atoms with E-state index in [4.69, 9.17) is 4.74 Å². The highest BCUT2D eigenvalue weighted by atomic mass is 16.5. The molecule has 0 aromatic heterocycles. The lowest BCUT2D eigenvalue weighted by atomic mass is 10.0. The van der Waals surface area contributed by atoms with Crippen molar-refractivity contribution in [1.82, 2.24) is 0 Å². The third-order valence-electron chi connectivity index (χ3n) is 3.84. The molecule has 3 aromatic carbocycles. The van der Waals surface area contributed by atoms with Crippen LogP contribution in [0.5, 0.6) is 0 Å². The van der Waals surface area contributed by atoms with E-state index in [0.29, 0.717) is 16.8 Å². The molecule has 1 amide bonds. The van der Waals surface area contributed by atoms with E-state index in [0.717, 1.165) is 10.8 Å². The number of carbonyl (C=O) groups excluding carboxylic acids is 1. The summed E-state index contributed by atoms with van der Waals surface area (Å²) in [6.45, 7) is 0.262. The van der Waals surface area contributed by atoms with Crippen LogP contribution in [0.4, 0.5) is 5.69 Å². The lowest BCUT2D eigenvalue weighted by Gasteiger charge is -2.11. The molecule has 5 nitrogen and oxygen atoms in total. The van der Waals surface area contributed by atoms with Crippen LogP contribution in [0, 0.1) is 0 Å². The summed E-state index contributed by atoms with van der Waals surface area (Å²) in [4.78, 5) is 24.0. The quantitative estimate of drug-likeness (QED) is 0.740. The molecule has 0 bridgehead atoms. The minimum atomic E-state index is -1.06. The zero-order valence-electron chi connectivity index (χ0n) is 13.7. The number of carboxylic acids is 1. The fourth-order valence-corrected chi connectivity index (χ4v) is 2.76. The highest BCUT2D eigenvalue weighted by Crippen LogP contribution is 2.21. The molecule has 0 saturated heterocycles. The molecule has 5 heteroatoms. The minimum absolute atomic E-state index is 0.0998. The van der Waals surface area contributed by atoms with Gasteiger partial charge in [0.2, 0.25) is 0 Å². The van der Waals surface area contributed by atoms with Crippen LogP contribution >= 0.6 is 0 Å². The normalized spacial score (nSPS) is 10.6. The summed E-state index contributed by atoms with van der Waals surface area (Å²) < 4.78 is 5.06. The number of aromatic carboxylic acids is 1. The molecule has 3 rings (SSSR count). The van der Waals surface area contributed by atoms with Crippen LogP contribution in [0.25, 0.3) is 10.8 Å². The Morgan fingerprint density at radius 2 is 1.80 bits per heavy atom. The maximum atomic E-state index is 12.7. The van der Waals surface area contributed by atoms with Crippen molar-refractivity contribution in [3.05, 3.63) is 77.4 Å². The van der Waals surface area contributed by atoms with E-state index in [1.165, 1.54) is 19.2 Å². The van der Waals surface area contributed by atoms with Crippen LogP contribution < -0.4 is 5.32 Å². The molecule has 0 aliphatic carbocycles. The Labute approximate surface area is 144 Å². The first-order valence-corrected chi connectivity index (χ1v) is 7.74. The zero-order valence-corrected chi connectivity index (χ0v) is 13.7. The first-order valence-electron chi connectivity index (χ1n) is 7.74. The van der Waals surface area contributed by atoms with Crippen molar-refractivity contribution in [3.63, 3.8) is 0 Å². The van der Waals surface area contributed by atoms with Gasteiger partial charge < -0.3 is 15.2 Å². The van der Waals surface area contributed by atoms with Crippen LogP contribution in [0.2, 0.25) is 0 Å². The number of carbonyl (C=O) groups is 2. The minimum Gasteiger partial charge on any atom is -0.478 e. The topological polar surface area (TPSA) is 75.6 Å². The largest absolute Gasteiger partial charge is 0.478 e. The summed E-state index contributed by atoms with van der Waals surface area (Å²) in [7, 11) is 1.53. The molecule has 0 spiro atoms. The first-order chi connectivity index (χ1) is 12.1. The number of methoxy groups -OCH3 is 1. The fraction of sp³-hybridized carbons (Fsp3) is 0.100. The molecule has 0 atom stereocenters. The summed E-state index contributed by atoms with van der Waals surface area (Å²) >= 11 is 0. The van der Waals surface area contributed by atoms with Gasteiger partial charge in [-0.05, 0) is 40.6 Å². The van der Waals surface area contributed by atoms with Crippen molar-refractivity contribution in [2.24, 2.45) is 0 Å². The number of benzene rings is 3. The molecule has 0 saturated carbocycles. The van der Waals surface area contributed by atoms with Crippen molar-refractivity contribution < 1.29 is 19.4 Å². The Bertz CT molecular complexity index is 944. The third kappa shape index (κ3) is 3.67. The highest BCUT2D eigenvalue weighted by Gasteiger charge is 2.13. The van der Waals surface area contributed by atoms with Crippen molar-refractivity contribution in [3.8, 4) is 0 Å². The Hall–Kier alpha value is -3.18. The molecule has 0 fully saturated rings. The molecule has 0 unspecified atom stereocenters.